The maximum absolute atomic E-state index is 15.5. The number of carbonyl (C=O) groups excluding carboxylic acids is 2. The molecule has 0 saturated heterocycles. The number of benzene rings is 1. The highest BCUT2D eigenvalue weighted by molar-refractivity contribution is 7.86. The molecular weight excluding hydrogens is 495 g/mol. The van der Waals surface area contributed by atoms with Crippen LogP contribution in [-0.4, -0.2) is 43.5 Å². The third kappa shape index (κ3) is 3.81. The van der Waals surface area contributed by atoms with Crippen LogP contribution in [0.15, 0.2) is 52.5 Å². The lowest BCUT2D eigenvalue weighted by atomic mass is 9.50. The molecule has 6 nitrogen and oxygen atoms in total. The highest BCUT2D eigenvalue weighted by Gasteiger charge is 2.68. The van der Waals surface area contributed by atoms with Gasteiger partial charge in [-0.15, -0.1) is 0 Å². The first-order valence-electron chi connectivity index (χ1n) is 13.1. The van der Waals surface area contributed by atoms with Crippen molar-refractivity contribution in [3.8, 4) is 0 Å². The largest absolute Gasteiger partial charge is 0.381 e. The van der Waals surface area contributed by atoms with Crippen LogP contribution in [-0.2, 0) is 23.9 Å². The minimum absolute atomic E-state index is 0.0372. The standard InChI is InChI=1S/C29H35FO6S/c1-17-5-7-20(8-6-17)37(34,35)36-16-26(32)29(33)18(2)13-23-21-15-25(30)24-14-19(31)9-11-27(24,3)22(21)10-12-28(23,29)4/h5-8,10,14,18,21,23,25,33H,9,11-13,15-16H2,1-4H3/t18-,21+,23-,25-,27+,28-,29-/m0/s1. The molecule has 4 aliphatic carbocycles. The van der Waals surface area contributed by atoms with Gasteiger partial charge in [-0.3, -0.25) is 13.8 Å². The first-order chi connectivity index (χ1) is 17.2. The number of aliphatic hydroxyl groups is 1. The minimum Gasteiger partial charge on any atom is -0.381 e. The van der Waals surface area contributed by atoms with Crippen LogP contribution in [0.1, 0.15) is 58.4 Å². The van der Waals surface area contributed by atoms with Crippen LogP contribution in [0.25, 0.3) is 0 Å². The maximum atomic E-state index is 15.5. The lowest BCUT2D eigenvalue weighted by Gasteiger charge is -2.55. The molecule has 0 heterocycles. The summed E-state index contributed by atoms with van der Waals surface area (Å²) in [6, 6.07) is 6.14. The van der Waals surface area contributed by atoms with Gasteiger partial charge in [0.2, 0.25) is 0 Å². The number of rotatable bonds is 5. The predicted octanol–water partition coefficient (Wildman–Crippen LogP) is 4.65. The van der Waals surface area contributed by atoms with Gasteiger partial charge in [-0.1, -0.05) is 50.1 Å². The fourth-order valence-corrected chi connectivity index (χ4v) is 8.68. The van der Waals surface area contributed by atoms with Gasteiger partial charge < -0.3 is 5.11 Å². The summed E-state index contributed by atoms with van der Waals surface area (Å²) >= 11 is 0. The SMILES string of the molecule is Cc1ccc(S(=O)(=O)OCC(=O)[C@@]2(O)[C@@H](C)C[C@H]3[C@@H]4C[C@H](F)C5=CC(=O)CC[C@]5(C)C4=CC[C@@]32C)cc1. The number of fused-ring (bicyclic) bond motifs is 5. The summed E-state index contributed by atoms with van der Waals surface area (Å²) in [5.74, 6) is -1.47. The lowest BCUT2D eigenvalue weighted by Crippen LogP contribution is -2.58. The smallest absolute Gasteiger partial charge is 0.297 e. The molecule has 200 valence electrons. The number of halogens is 1. The molecule has 8 heteroatoms. The summed E-state index contributed by atoms with van der Waals surface area (Å²) in [5.41, 5.74) is -0.671. The normalized spacial score (nSPS) is 39.2. The van der Waals surface area contributed by atoms with Crippen molar-refractivity contribution in [1.29, 1.82) is 0 Å². The van der Waals surface area contributed by atoms with Gasteiger partial charge in [-0.25, -0.2) is 4.39 Å². The van der Waals surface area contributed by atoms with Gasteiger partial charge in [-0.2, -0.15) is 8.42 Å². The molecule has 0 aromatic heterocycles. The van der Waals surface area contributed by atoms with Crippen molar-refractivity contribution < 1.29 is 31.7 Å². The third-order valence-electron chi connectivity index (χ3n) is 9.98. The molecular formula is C29H35FO6S. The number of alkyl halides is 1. The van der Waals surface area contributed by atoms with Crippen LogP contribution in [0.5, 0.6) is 0 Å². The van der Waals surface area contributed by atoms with Crippen molar-refractivity contribution >= 4 is 21.7 Å². The van der Waals surface area contributed by atoms with Crippen molar-refractivity contribution in [2.24, 2.45) is 28.6 Å². The van der Waals surface area contributed by atoms with Crippen LogP contribution in [0.4, 0.5) is 4.39 Å². The molecule has 1 aromatic rings. The summed E-state index contributed by atoms with van der Waals surface area (Å²) in [6.45, 7) is 6.75. The van der Waals surface area contributed by atoms with E-state index in [1.165, 1.54) is 18.2 Å². The first-order valence-corrected chi connectivity index (χ1v) is 14.5. The van der Waals surface area contributed by atoms with Crippen LogP contribution in [0, 0.1) is 35.5 Å². The molecule has 1 N–H and O–H groups in total. The third-order valence-corrected chi connectivity index (χ3v) is 11.3. The Labute approximate surface area is 218 Å². The van der Waals surface area contributed by atoms with Crippen LogP contribution < -0.4 is 0 Å². The highest BCUT2D eigenvalue weighted by atomic mass is 32.2. The average molecular weight is 531 g/mol. The Balaban J connectivity index is 1.43. The van der Waals surface area contributed by atoms with E-state index in [2.05, 4.69) is 6.08 Å². The lowest BCUT2D eigenvalue weighted by molar-refractivity contribution is -0.160. The second kappa shape index (κ2) is 8.68. The minimum atomic E-state index is -4.17. The Morgan fingerprint density at radius 2 is 1.84 bits per heavy atom. The summed E-state index contributed by atoms with van der Waals surface area (Å²) in [7, 11) is -4.17. The molecule has 37 heavy (non-hydrogen) atoms. The van der Waals surface area contributed by atoms with Gasteiger partial charge in [-0.05, 0) is 74.1 Å². The zero-order valence-corrected chi connectivity index (χ0v) is 22.6. The van der Waals surface area contributed by atoms with Crippen LogP contribution >= 0.6 is 0 Å². The monoisotopic (exact) mass is 530 g/mol. The van der Waals surface area contributed by atoms with E-state index in [4.69, 9.17) is 4.18 Å². The highest BCUT2D eigenvalue weighted by Crippen LogP contribution is 2.67. The van der Waals surface area contributed by atoms with Crippen LogP contribution in [0.2, 0.25) is 0 Å². The van der Waals surface area contributed by atoms with Gasteiger partial charge in [0, 0.05) is 17.3 Å². The number of allylic oxidation sites excluding steroid dienone is 4. The topological polar surface area (TPSA) is 97.7 Å². The number of carbonyl (C=O) groups is 2. The molecule has 2 saturated carbocycles. The Hall–Kier alpha value is -2.16. The number of hydrogen-bond acceptors (Lipinski definition) is 6. The Morgan fingerprint density at radius 1 is 1.16 bits per heavy atom. The van der Waals surface area contributed by atoms with Gasteiger partial charge in [0.1, 0.15) is 18.4 Å². The molecule has 0 aliphatic heterocycles. The maximum Gasteiger partial charge on any atom is 0.297 e. The van der Waals surface area contributed by atoms with E-state index in [0.717, 1.165) is 11.1 Å². The molecule has 0 spiro atoms. The van der Waals surface area contributed by atoms with E-state index in [9.17, 15) is 23.1 Å². The quantitative estimate of drug-likeness (QED) is 0.440. The number of aryl methyl sites for hydroxylation is 1. The molecule has 0 radical (unpaired) electrons. The molecule has 4 aliphatic rings. The van der Waals surface area contributed by atoms with Gasteiger partial charge in [0.05, 0.1) is 4.90 Å². The first kappa shape index (κ1) is 26.4. The van der Waals surface area contributed by atoms with Crippen molar-refractivity contribution in [3.63, 3.8) is 0 Å². The second-order valence-electron chi connectivity index (χ2n) is 12.0. The zero-order chi connectivity index (χ0) is 27.0. The Bertz CT molecular complexity index is 1310. The molecule has 0 amide bonds. The second-order valence-corrected chi connectivity index (χ2v) is 13.6. The fourth-order valence-electron chi connectivity index (χ4n) is 7.82. The van der Waals surface area contributed by atoms with E-state index in [1.54, 1.807) is 19.1 Å². The van der Waals surface area contributed by atoms with E-state index < -0.39 is 51.0 Å². The summed E-state index contributed by atoms with van der Waals surface area (Å²) in [4.78, 5) is 25.5. The van der Waals surface area contributed by atoms with Gasteiger partial charge in [0.15, 0.2) is 11.6 Å². The van der Waals surface area contributed by atoms with Gasteiger partial charge >= 0.3 is 0 Å². The van der Waals surface area contributed by atoms with E-state index in [-0.39, 0.29) is 28.9 Å². The molecule has 1 aromatic carbocycles. The zero-order valence-electron chi connectivity index (χ0n) is 21.8. The summed E-state index contributed by atoms with van der Waals surface area (Å²) < 4.78 is 46.0. The molecule has 0 bridgehead atoms. The molecule has 0 unspecified atom stereocenters. The number of ketones is 2. The molecule has 2 fully saturated rings. The fraction of sp³-hybridized carbons (Fsp3) is 0.586. The van der Waals surface area contributed by atoms with Crippen molar-refractivity contribution in [2.45, 2.75) is 76.5 Å². The Morgan fingerprint density at radius 3 is 2.51 bits per heavy atom. The number of Topliss-reactive ketones (excluding diaryl/α,β-unsaturated/α-hetero) is 1. The molecule has 5 rings (SSSR count). The van der Waals surface area contributed by atoms with Crippen molar-refractivity contribution in [3.05, 3.63) is 53.1 Å². The van der Waals surface area contributed by atoms with Crippen LogP contribution in [0.3, 0.4) is 0 Å². The van der Waals surface area contributed by atoms with E-state index in [1.807, 2.05) is 20.8 Å². The Kier molecular flexibility index (Phi) is 6.20. The van der Waals surface area contributed by atoms with E-state index in [0.29, 0.717) is 31.3 Å². The van der Waals surface area contributed by atoms with Crippen molar-refractivity contribution in [2.75, 3.05) is 6.61 Å². The average Bonchev–Trinajstić information content (AvgIpc) is 3.06. The van der Waals surface area contributed by atoms with Gasteiger partial charge in [0.25, 0.3) is 10.1 Å². The summed E-state index contributed by atoms with van der Waals surface area (Å²) in [6.07, 6.45) is 4.38. The summed E-state index contributed by atoms with van der Waals surface area (Å²) in [5, 5.41) is 12.0. The molecule has 7 atom stereocenters. The number of hydrogen-bond donors (Lipinski definition) is 1. The predicted molar refractivity (Wildman–Crippen MR) is 136 cm³/mol. The van der Waals surface area contributed by atoms with E-state index >= 15 is 4.39 Å². The van der Waals surface area contributed by atoms with Crippen molar-refractivity contribution in [1.82, 2.24) is 0 Å².